The lowest BCUT2D eigenvalue weighted by Gasteiger charge is -2.18. The van der Waals surface area contributed by atoms with Gasteiger partial charge in [-0.25, -0.2) is 0 Å². The van der Waals surface area contributed by atoms with Crippen molar-refractivity contribution in [2.45, 2.75) is 19.9 Å². The predicted molar refractivity (Wildman–Crippen MR) is 95.0 cm³/mol. The molecule has 2 heterocycles. The first-order chi connectivity index (χ1) is 10.1. The number of rotatable bonds is 4. The van der Waals surface area contributed by atoms with Gasteiger partial charge in [-0.3, -0.25) is 0 Å². The molecule has 0 aliphatic carbocycles. The summed E-state index contributed by atoms with van der Waals surface area (Å²) in [6, 6.07) is 15.0. The highest BCUT2D eigenvalue weighted by molar-refractivity contribution is 7.16. The van der Waals surface area contributed by atoms with Gasteiger partial charge in [0.25, 0.3) is 0 Å². The van der Waals surface area contributed by atoms with Crippen LogP contribution in [0.2, 0.25) is 4.34 Å². The summed E-state index contributed by atoms with van der Waals surface area (Å²) in [6.07, 6.45) is 0. The fourth-order valence-corrected chi connectivity index (χ4v) is 4.22. The molecule has 21 heavy (non-hydrogen) atoms. The van der Waals surface area contributed by atoms with Gasteiger partial charge in [-0.1, -0.05) is 23.7 Å². The van der Waals surface area contributed by atoms with E-state index in [4.69, 9.17) is 11.6 Å². The van der Waals surface area contributed by atoms with E-state index in [1.165, 1.54) is 20.9 Å². The van der Waals surface area contributed by atoms with Gasteiger partial charge in [0, 0.05) is 15.4 Å². The summed E-state index contributed by atoms with van der Waals surface area (Å²) in [5.74, 6) is 0. The third kappa shape index (κ3) is 3.31. The van der Waals surface area contributed by atoms with Crippen LogP contribution in [0.3, 0.4) is 0 Å². The van der Waals surface area contributed by atoms with Gasteiger partial charge in [0.1, 0.15) is 0 Å². The van der Waals surface area contributed by atoms with Crippen LogP contribution in [0, 0.1) is 13.8 Å². The van der Waals surface area contributed by atoms with Crippen molar-refractivity contribution in [1.82, 2.24) is 0 Å². The monoisotopic (exact) mass is 333 g/mol. The highest BCUT2D eigenvalue weighted by Crippen LogP contribution is 2.35. The van der Waals surface area contributed by atoms with Crippen molar-refractivity contribution in [3.63, 3.8) is 0 Å². The van der Waals surface area contributed by atoms with Crippen LogP contribution in [0.5, 0.6) is 0 Å². The molecule has 3 aromatic rings. The van der Waals surface area contributed by atoms with Crippen LogP contribution in [0.1, 0.15) is 26.9 Å². The minimum atomic E-state index is 0.157. The minimum Gasteiger partial charge on any atom is -0.373 e. The molecule has 0 bridgehead atoms. The molecule has 1 unspecified atom stereocenters. The normalized spacial score (nSPS) is 12.3. The van der Waals surface area contributed by atoms with Gasteiger partial charge >= 0.3 is 0 Å². The maximum atomic E-state index is 6.11. The Morgan fingerprint density at radius 2 is 1.86 bits per heavy atom. The first kappa shape index (κ1) is 14.6. The first-order valence-corrected chi connectivity index (χ1v) is 8.83. The topological polar surface area (TPSA) is 12.0 Å². The van der Waals surface area contributed by atoms with Crippen molar-refractivity contribution in [2.24, 2.45) is 0 Å². The fraction of sp³-hybridized carbons (Fsp3) is 0.176. The highest BCUT2D eigenvalue weighted by Gasteiger charge is 2.17. The third-order valence-corrected chi connectivity index (χ3v) is 5.76. The molecule has 0 aliphatic heterocycles. The molecule has 1 nitrogen and oxygen atoms in total. The van der Waals surface area contributed by atoms with E-state index < -0.39 is 0 Å². The zero-order chi connectivity index (χ0) is 14.8. The zero-order valence-electron chi connectivity index (χ0n) is 11.9. The molecule has 1 atom stereocenters. The molecule has 1 N–H and O–H groups in total. The molecular weight excluding hydrogens is 318 g/mol. The highest BCUT2D eigenvalue weighted by atomic mass is 35.5. The van der Waals surface area contributed by atoms with E-state index >= 15 is 0 Å². The molecular formula is C17H16ClNS2. The number of halogens is 1. The molecule has 4 heteroatoms. The van der Waals surface area contributed by atoms with E-state index in [9.17, 15) is 0 Å². The van der Waals surface area contributed by atoms with Gasteiger partial charge in [-0.15, -0.1) is 22.7 Å². The lowest BCUT2D eigenvalue weighted by molar-refractivity contribution is 0.991. The Labute approximate surface area is 138 Å². The number of aryl methyl sites for hydroxylation is 2. The standard InChI is InChI=1S/C17H16ClNS2/c1-11-5-6-13(10-12(11)2)19-17(14-4-3-9-20-14)15-7-8-16(18)21-15/h3-10,17,19H,1-2H3. The quantitative estimate of drug-likeness (QED) is 0.592. The van der Waals surface area contributed by atoms with Crippen LogP contribution in [0.4, 0.5) is 5.69 Å². The van der Waals surface area contributed by atoms with Crippen LogP contribution in [-0.4, -0.2) is 0 Å². The Morgan fingerprint density at radius 1 is 1.00 bits per heavy atom. The molecule has 0 aliphatic rings. The molecule has 0 radical (unpaired) electrons. The number of anilines is 1. The molecule has 0 fully saturated rings. The van der Waals surface area contributed by atoms with Gasteiger partial charge in [-0.05, 0) is 60.7 Å². The molecule has 0 saturated heterocycles. The van der Waals surface area contributed by atoms with E-state index in [0.29, 0.717) is 0 Å². The summed E-state index contributed by atoms with van der Waals surface area (Å²) in [7, 11) is 0. The second-order valence-corrected chi connectivity index (χ2v) is 7.76. The third-order valence-electron chi connectivity index (χ3n) is 3.52. The Hall–Kier alpha value is -1.29. The molecule has 3 rings (SSSR count). The van der Waals surface area contributed by atoms with Gasteiger partial charge in [0.15, 0.2) is 0 Å². The molecule has 0 amide bonds. The van der Waals surface area contributed by atoms with Gasteiger partial charge in [0.05, 0.1) is 10.4 Å². The van der Waals surface area contributed by atoms with Crippen molar-refractivity contribution in [3.8, 4) is 0 Å². The lowest BCUT2D eigenvalue weighted by Crippen LogP contribution is -2.09. The van der Waals surface area contributed by atoms with Crippen LogP contribution in [0.15, 0.2) is 47.8 Å². The maximum Gasteiger partial charge on any atom is 0.0954 e. The summed E-state index contributed by atoms with van der Waals surface area (Å²) in [6.45, 7) is 4.28. The predicted octanol–water partition coefficient (Wildman–Crippen LogP) is 6.28. The summed E-state index contributed by atoms with van der Waals surface area (Å²) in [4.78, 5) is 2.53. The van der Waals surface area contributed by atoms with E-state index in [1.807, 2.05) is 6.07 Å². The summed E-state index contributed by atoms with van der Waals surface area (Å²) >= 11 is 9.50. The number of hydrogen-bond acceptors (Lipinski definition) is 3. The molecule has 1 aromatic carbocycles. The number of thiophene rings is 2. The Balaban J connectivity index is 1.94. The fourth-order valence-electron chi connectivity index (χ4n) is 2.22. The number of hydrogen-bond donors (Lipinski definition) is 1. The van der Waals surface area contributed by atoms with E-state index in [2.05, 4.69) is 60.9 Å². The summed E-state index contributed by atoms with van der Waals surface area (Å²) in [5.41, 5.74) is 3.75. The van der Waals surface area contributed by atoms with Crippen LogP contribution in [0.25, 0.3) is 0 Å². The lowest BCUT2D eigenvalue weighted by atomic mass is 10.1. The zero-order valence-corrected chi connectivity index (χ0v) is 14.3. The SMILES string of the molecule is Cc1ccc(NC(c2cccs2)c2ccc(Cl)s2)cc1C. The van der Waals surface area contributed by atoms with E-state index in [-0.39, 0.29) is 6.04 Å². The van der Waals surface area contributed by atoms with E-state index in [0.717, 1.165) is 10.0 Å². The van der Waals surface area contributed by atoms with Crippen LogP contribution < -0.4 is 5.32 Å². The second-order valence-electron chi connectivity index (χ2n) is 5.03. The Bertz CT molecular complexity index is 731. The van der Waals surface area contributed by atoms with Crippen LogP contribution in [-0.2, 0) is 0 Å². The molecule has 108 valence electrons. The van der Waals surface area contributed by atoms with Crippen molar-refractivity contribution < 1.29 is 0 Å². The first-order valence-electron chi connectivity index (χ1n) is 6.76. The smallest absolute Gasteiger partial charge is 0.0954 e. The van der Waals surface area contributed by atoms with Crippen molar-refractivity contribution in [1.29, 1.82) is 0 Å². The van der Waals surface area contributed by atoms with E-state index in [1.54, 1.807) is 22.7 Å². The van der Waals surface area contributed by atoms with Gasteiger partial charge in [-0.2, -0.15) is 0 Å². The van der Waals surface area contributed by atoms with Gasteiger partial charge in [0.2, 0.25) is 0 Å². The molecule has 2 aromatic heterocycles. The summed E-state index contributed by atoms with van der Waals surface area (Å²) in [5, 5.41) is 5.75. The van der Waals surface area contributed by atoms with Crippen molar-refractivity contribution in [2.75, 3.05) is 5.32 Å². The molecule has 0 saturated carbocycles. The van der Waals surface area contributed by atoms with Crippen molar-refractivity contribution >= 4 is 40.0 Å². The Morgan fingerprint density at radius 3 is 2.48 bits per heavy atom. The number of nitrogens with one attached hydrogen (secondary N) is 1. The maximum absolute atomic E-state index is 6.11. The minimum absolute atomic E-state index is 0.157. The van der Waals surface area contributed by atoms with Crippen LogP contribution >= 0.6 is 34.3 Å². The average molecular weight is 334 g/mol. The second kappa shape index (κ2) is 6.22. The van der Waals surface area contributed by atoms with Crippen molar-refractivity contribution in [3.05, 3.63) is 73.1 Å². The Kier molecular flexibility index (Phi) is 4.34. The average Bonchev–Trinajstić information content (AvgIpc) is 3.11. The van der Waals surface area contributed by atoms with Gasteiger partial charge < -0.3 is 5.32 Å². The summed E-state index contributed by atoms with van der Waals surface area (Å²) < 4.78 is 0.827. The number of benzene rings is 1. The largest absolute Gasteiger partial charge is 0.373 e. The molecule has 0 spiro atoms.